The molecule has 186 valence electrons. The normalized spacial score (nSPS) is 15.8. The van der Waals surface area contributed by atoms with Crippen LogP contribution in [0.1, 0.15) is 35.8 Å². The zero-order chi connectivity index (χ0) is 25.0. The maximum absolute atomic E-state index is 13.1. The third kappa shape index (κ3) is 3.86. The van der Waals surface area contributed by atoms with Crippen LogP contribution in [0.25, 0.3) is 22.6 Å². The van der Waals surface area contributed by atoms with Crippen molar-refractivity contribution in [2.24, 2.45) is 7.05 Å². The summed E-state index contributed by atoms with van der Waals surface area (Å²) in [6, 6.07) is 7.39. The van der Waals surface area contributed by atoms with Crippen LogP contribution in [0.5, 0.6) is 5.88 Å². The van der Waals surface area contributed by atoms with Crippen molar-refractivity contribution in [3.05, 3.63) is 53.9 Å². The fraction of sp³-hybridized carbons (Fsp3) is 0.375. The Labute approximate surface area is 204 Å². The highest BCUT2D eigenvalue weighted by Crippen LogP contribution is 2.46. The van der Waals surface area contributed by atoms with E-state index in [1.165, 1.54) is 10.9 Å². The maximum atomic E-state index is 13.1. The summed E-state index contributed by atoms with van der Waals surface area (Å²) < 4.78 is 48.0. The van der Waals surface area contributed by atoms with Gasteiger partial charge in [-0.1, -0.05) is 5.21 Å². The molecule has 0 atom stereocenters. The van der Waals surface area contributed by atoms with E-state index in [0.717, 1.165) is 47.4 Å². The molecular weight excluding hydrogens is 473 g/mol. The number of ether oxygens (including phenoxy) is 1. The number of hydrogen-bond donors (Lipinski definition) is 0. The van der Waals surface area contributed by atoms with E-state index in [1.807, 2.05) is 16.8 Å². The molecule has 1 aliphatic carbocycles. The number of benzene rings is 1. The first-order valence-electron chi connectivity index (χ1n) is 11.6. The topological polar surface area (TPSA) is 86.8 Å². The van der Waals surface area contributed by atoms with Crippen molar-refractivity contribution >= 4 is 5.69 Å². The van der Waals surface area contributed by atoms with Crippen molar-refractivity contribution in [2.45, 2.75) is 38.0 Å². The molecule has 1 saturated carbocycles. The summed E-state index contributed by atoms with van der Waals surface area (Å²) in [6.45, 7) is 1.92. The molecule has 0 amide bonds. The second-order valence-electron chi connectivity index (χ2n) is 9.05. The van der Waals surface area contributed by atoms with Gasteiger partial charge >= 0.3 is 6.18 Å². The van der Waals surface area contributed by atoms with E-state index in [1.54, 1.807) is 26.3 Å². The highest BCUT2D eigenvalue weighted by molar-refractivity contribution is 5.71. The number of nitrogens with zero attached hydrogens (tertiary/aromatic N) is 8. The fourth-order valence-electron chi connectivity index (χ4n) is 4.68. The Morgan fingerprint density at radius 3 is 2.50 bits per heavy atom. The molecule has 0 N–H and O–H groups in total. The van der Waals surface area contributed by atoms with Gasteiger partial charge in [-0.05, 0) is 37.1 Å². The van der Waals surface area contributed by atoms with E-state index in [9.17, 15) is 13.2 Å². The first-order valence-corrected chi connectivity index (χ1v) is 11.6. The number of anilines is 1. The van der Waals surface area contributed by atoms with Gasteiger partial charge < -0.3 is 14.2 Å². The first kappa shape index (κ1) is 22.5. The Hall–Kier alpha value is -3.96. The molecule has 36 heavy (non-hydrogen) atoms. The van der Waals surface area contributed by atoms with Crippen molar-refractivity contribution in [2.75, 3.05) is 18.6 Å². The third-order valence-corrected chi connectivity index (χ3v) is 6.65. The second-order valence-corrected chi connectivity index (χ2v) is 9.05. The number of aromatic nitrogens is 7. The molecule has 6 rings (SSSR count). The fourth-order valence-corrected chi connectivity index (χ4v) is 4.68. The Morgan fingerprint density at radius 1 is 1.06 bits per heavy atom. The van der Waals surface area contributed by atoms with Crippen molar-refractivity contribution in [3.63, 3.8) is 0 Å². The number of hydrogen-bond acceptors (Lipinski definition) is 7. The van der Waals surface area contributed by atoms with Crippen LogP contribution in [-0.4, -0.2) is 48.2 Å². The van der Waals surface area contributed by atoms with Gasteiger partial charge in [0.1, 0.15) is 17.8 Å². The Balaban J connectivity index is 1.30. The number of alkyl halides is 3. The summed E-state index contributed by atoms with van der Waals surface area (Å²) in [4.78, 5) is 14.8. The number of halogens is 3. The van der Waals surface area contributed by atoms with E-state index in [2.05, 4.69) is 30.2 Å². The average Bonchev–Trinajstić information content (AvgIpc) is 3.52. The zero-order valence-electron chi connectivity index (χ0n) is 19.7. The summed E-state index contributed by atoms with van der Waals surface area (Å²) in [5.74, 6) is 1.14. The first-order chi connectivity index (χ1) is 17.3. The molecular formula is C24H23F3N8O. The standard InChI is InChI=1S/C24H23F3N8O/c1-33-12-18(24(25,26)27)30-22(33)15-5-7-16(8-6-15)34-9-10-35-17(11-34)21(31-32-35)19-20(14-3-4-14)28-13-29-23(19)36-2/h5-8,12-14H,3-4,9-11H2,1-2H3. The number of methoxy groups -OCH3 is 1. The van der Waals surface area contributed by atoms with Crippen LogP contribution in [0.4, 0.5) is 18.9 Å². The van der Waals surface area contributed by atoms with E-state index in [-0.39, 0.29) is 5.82 Å². The molecule has 4 aromatic rings. The number of fused-ring (bicyclic) bond motifs is 1. The van der Waals surface area contributed by atoms with Gasteiger partial charge in [-0.15, -0.1) is 5.10 Å². The lowest BCUT2D eigenvalue weighted by Gasteiger charge is -2.30. The molecule has 0 spiro atoms. The second kappa shape index (κ2) is 8.32. The van der Waals surface area contributed by atoms with E-state index in [0.29, 0.717) is 37.0 Å². The molecule has 9 nitrogen and oxygen atoms in total. The molecule has 1 aromatic carbocycles. The Bertz CT molecular complexity index is 1420. The molecule has 0 unspecified atom stereocenters. The SMILES string of the molecule is COc1ncnc(C2CC2)c1-c1nnn2c1CN(c1ccc(-c3nc(C(F)(F)F)cn3C)cc1)CC2. The lowest BCUT2D eigenvalue weighted by atomic mass is 10.0. The van der Waals surface area contributed by atoms with Gasteiger partial charge in [-0.25, -0.2) is 19.6 Å². The molecule has 3 aromatic heterocycles. The van der Waals surface area contributed by atoms with Gasteiger partial charge in [-0.3, -0.25) is 0 Å². The van der Waals surface area contributed by atoms with Crippen LogP contribution in [0.3, 0.4) is 0 Å². The number of imidazole rings is 1. The van der Waals surface area contributed by atoms with Gasteiger partial charge in [0.15, 0.2) is 5.69 Å². The molecule has 0 saturated heterocycles. The van der Waals surface area contributed by atoms with Crippen molar-refractivity contribution in [1.82, 2.24) is 34.5 Å². The summed E-state index contributed by atoms with van der Waals surface area (Å²) in [5.41, 5.74) is 4.07. The van der Waals surface area contributed by atoms with E-state index in [4.69, 9.17) is 4.74 Å². The minimum atomic E-state index is -4.48. The van der Waals surface area contributed by atoms with Crippen molar-refractivity contribution in [3.8, 4) is 28.5 Å². The number of aryl methyl sites for hydroxylation is 1. The average molecular weight is 496 g/mol. The van der Waals surface area contributed by atoms with Gasteiger partial charge in [0.2, 0.25) is 5.88 Å². The molecule has 0 bridgehead atoms. The van der Waals surface area contributed by atoms with Gasteiger partial charge in [0.25, 0.3) is 0 Å². The summed E-state index contributed by atoms with van der Waals surface area (Å²) in [6.07, 6.45) is 0.204. The van der Waals surface area contributed by atoms with Crippen LogP contribution in [0.15, 0.2) is 36.8 Å². The Kier molecular flexibility index (Phi) is 5.20. The molecule has 4 heterocycles. The Morgan fingerprint density at radius 2 is 1.83 bits per heavy atom. The molecule has 12 heteroatoms. The number of rotatable bonds is 5. The van der Waals surface area contributed by atoms with Crippen LogP contribution in [0, 0.1) is 0 Å². The molecule has 2 aliphatic rings. The minimum absolute atomic E-state index is 0.265. The summed E-state index contributed by atoms with van der Waals surface area (Å²) >= 11 is 0. The summed E-state index contributed by atoms with van der Waals surface area (Å²) in [5, 5.41) is 8.85. The van der Waals surface area contributed by atoms with Gasteiger partial charge in [0.05, 0.1) is 37.2 Å². The smallest absolute Gasteiger partial charge is 0.434 e. The van der Waals surface area contributed by atoms with Crippen LogP contribution in [0.2, 0.25) is 0 Å². The van der Waals surface area contributed by atoms with Crippen LogP contribution in [-0.2, 0) is 26.3 Å². The lowest BCUT2D eigenvalue weighted by Crippen LogP contribution is -2.34. The summed E-state index contributed by atoms with van der Waals surface area (Å²) in [7, 11) is 3.15. The van der Waals surface area contributed by atoms with Crippen LogP contribution < -0.4 is 9.64 Å². The highest BCUT2D eigenvalue weighted by atomic mass is 19.4. The predicted octanol–water partition coefficient (Wildman–Crippen LogP) is 4.06. The van der Waals surface area contributed by atoms with E-state index >= 15 is 0 Å². The van der Waals surface area contributed by atoms with Crippen molar-refractivity contribution < 1.29 is 17.9 Å². The predicted molar refractivity (Wildman–Crippen MR) is 124 cm³/mol. The monoisotopic (exact) mass is 496 g/mol. The molecule has 1 fully saturated rings. The molecule has 0 radical (unpaired) electrons. The van der Waals surface area contributed by atoms with Crippen molar-refractivity contribution in [1.29, 1.82) is 0 Å². The quantitative estimate of drug-likeness (QED) is 0.412. The van der Waals surface area contributed by atoms with Crippen LogP contribution >= 0.6 is 0 Å². The molecule has 1 aliphatic heterocycles. The zero-order valence-corrected chi connectivity index (χ0v) is 19.7. The lowest BCUT2D eigenvalue weighted by molar-refractivity contribution is -0.140. The maximum Gasteiger partial charge on any atom is 0.434 e. The third-order valence-electron chi connectivity index (χ3n) is 6.65. The van der Waals surface area contributed by atoms with Gasteiger partial charge in [-0.2, -0.15) is 13.2 Å². The van der Waals surface area contributed by atoms with E-state index < -0.39 is 11.9 Å². The largest absolute Gasteiger partial charge is 0.480 e. The highest BCUT2D eigenvalue weighted by Gasteiger charge is 2.35. The minimum Gasteiger partial charge on any atom is -0.480 e. The van der Waals surface area contributed by atoms with Gasteiger partial charge in [0, 0.05) is 37.0 Å².